The molecule has 0 radical (unpaired) electrons. The average molecular weight is 268 g/mol. The Kier molecular flexibility index (Phi) is 6.31. The van der Waals surface area contributed by atoms with Gasteiger partial charge < -0.3 is 10.2 Å². The third-order valence-corrected chi connectivity index (χ3v) is 4.49. The number of nitrogens with one attached hydrogen (secondary N) is 1. The molecule has 3 heteroatoms. The predicted molar refractivity (Wildman–Crippen MR) is 81.1 cm³/mol. The van der Waals surface area contributed by atoms with Crippen molar-refractivity contribution in [1.82, 2.24) is 10.2 Å². The van der Waals surface area contributed by atoms with Crippen molar-refractivity contribution >= 4 is 5.91 Å². The second-order valence-corrected chi connectivity index (χ2v) is 7.08. The summed E-state index contributed by atoms with van der Waals surface area (Å²) in [5.74, 6) is 0.785. The molecule has 0 aromatic carbocycles. The highest BCUT2D eigenvalue weighted by Crippen LogP contribution is 2.28. The lowest BCUT2D eigenvalue weighted by molar-refractivity contribution is -0.134. The van der Waals surface area contributed by atoms with Gasteiger partial charge in [0.05, 0.1) is 0 Å². The number of carbonyl (C=O) groups excluding carboxylic acids is 1. The molecule has 1 amide bonds. The molecule has 1 saturated heterocycles. The van der Waals surface area contributed by atoms with E-state index in [2.05, 4.69) is 44.8 Å². The standard InChI is InChI=1S/C16H32N2O/c1-6-9-17-14-7-10-18(11-8-14)15(19)12-13(2)16(3,4)5/h13-14,17H,6-12H2,1-5H3. The first-order chi connectivity index (χ1) is 8.84. The fraction of sp³-hybridized carbons (Fsp3) is 0.938. The zero-order valence-corrected chi connectivity index (χ0v) is 13.5. The number of amides is 1. The quantitative estimate of drug-likeness (QED) is 0.831. The zero-order valence-electron chi connectivity index (χ0n) is 13.5. The second kappa shape index (κ2) is 7.28. The number of hydrogen-bond acceptors (Lipinski definition) is 2. The summed E-state index contributed by atoms with van der Waals surface area (Å²) in [6.07, 6.45) is 4.09. The van der Waals surface area contributed by atoms with Gasteiger partial charge >= 0.3 is 0 Å². The minimum absolute atomic E-state index is 0.219. The fourth-order valence-corrected chi connectivity index (χ4v) is 2.38. The molecular weight excluding hydrogens is 236 g/mol. The molecule has 0 aromatic heterocycles. The van der Waals surface area contributed by atoms with E-state index in [0.717, 1.165) is 32.5 Å². The molecule has 112 valence electrons. The largest absolute Gasteiger partial charge is 0.343 e. The number of rotatable bonds is 5. The van der Waals surface area contributed by atoms with E-state index in [4.69, 9.17) is 0 Å². The van der Waals surface area contributed by atoms with Gasteiger partial charge in [-0.05, 0) is 37.1 Å². The zero-order chi connectivity index (χ0) is 14.5. The minimum Gasteiger partial charge on any atom is -0.343 e. The van der Waals surface area contributed by atoms with Crippen molar-refractivity contribution in [3.05, 3.63) is 0 Å². The molecule has 1 heterocycles. The van der Waals surface area contributed by atoms with Crippen LogP contribution >= 0.6 is 0 Å². The predicted octanol–water partition coefficient (Wildman–Crippen LogP) is 3.05. The number of nitrogens with zero attached hydrogens (tertiary/aromatic N) is 1. The molecule has 3 nitrogen and oxygen atoms in total. The molecule has 1 rings (SSSR count). The van der Waals surface area contributed by atoms with Gasteiger partial charge in [0.1, 0.15) is 0 Å². The lowest BCUT2D eigenvalue weighted by atomic mass is 9.80. The number of hydrogen-bond donors (Lipinski definition) is 1. The summed E-state index contributed by atoms with van der Waals surface area (Å²) < 4.78 is 0. The highest BCUT2D eigenvalue weighted by molar-refractivity contribution is 5.76. The van der Waals surface area contributed by atoms with Gasteiger partial charge in [-0.2, -0.15) is 0 Å². The Bertz CT molecular complexity index is 275. The molecule has 1 atom stereocenters. The molecule has 19 heavy (non-hydrogen) atoms. The van der Waals surface area contributed by atoms with Crippen LogP contribution in [0.25, 0.3) is 0 Å². The van der Waals surface area contributed by atoms with E-state index in [1.807, 2.05) is 0 Å². The van der Waals surface area contributed by atoms with Gasteiger partial charge in [-0.15, -0.1) is 0 Å². The van der Waals surface area contributed by atoms with E-state index in [1.54, 1.807) is 0 Å². The molecule has 0 aliphatic carbocycles. The van der Waals surface area contributed by atoms with E-state index < -0.39 is 0 Å². The minimum atomic E-state index is 0.219. The van der Waals surface area contributed by atoms with Gasteiger partial charge in [-0.3, -0.25) is 4.79 Å². The van der Waals surface area contributed by atoms with Crippen LogP contribution in [-0.4, -0.2) is 36.5 Å². The van der Waals surface area contributed by atoms with Gasteiger partial charge in [0.25, 0.3) is 0 Å². The lowest BCUT2D eigenvalue weighted by Crippen LogP contribution is -2.45. The molecule has 0 bridgehead atoms. The van der Waals surface area contributed by atoms with E-state index in [-0.39, 0.29) is 5.41 Å². The van der Waals surface area contributed by atoms with Crippen LogP contribution in [0.5, 0.6) is 0 Å². The number of carbonyl (C=O) groups is 1. The van der Waals surface area contributed by atoms with Crippen molar-refractivity contribution in [2.75, 3.05) is 19.6 Å². The Hall–Kier alpha value is -0.570. The van der Waals surface area contributed by atoms with E-state index >= 15 is 0 Å². The smallest absolute Gasteiger partial charge is 0.222 e. The number of piperidine rings is 1. The summed E-state index contributed by atoms with van der Waals surface area (Å²) in [7, 11) is 0. The van der Waals surface area contributed by atoms with Gasteiger partial charge in [0, 0.05) is 25.6 Å². The summed E-state index contributed by atoms with van der Waals surface area (Å²) >= 11 is 0. The maximum Gasteiger partial charge on any atom is 0.222 e. The molecule has 1 unspecified atom stereocenters. The maximum absolute atomic E-state index is 12.3. The molecule has 1 fully saturated rings. The van der Waals surface area contributed by atoms with E-state index in [9.17, 15) is 4.79 Å². The van der Waals surface area contributed by atoms with Crippen LogP contribution in [0.3, 0.4) is 0 Å². The van der Waals surface area contributed by atoms with Crippen LogP contribution in [0, 0.1) is 11.3 Å². The normalized spacial score (nSPS) is 19.5. The van der Waals surface area contributed by atoms with E-state index in [0.29, 0.717) is 24.3 Å². The van der Waals surface area contributed by atoms with Crippen LogP contribution in [0.4, 0.5) is 0 Å². The molecule has 0 aromatic rings. The Morgan fingerprint density at radius 1 is 1.32 bits per heavy atom. The second-order valence-electron chi connectivity index (χ2n) is 7.08. The maximum atomic E-state index is 12.3. The topological polar surface area (TPSA) is 32.3 Å². The SMILES string of the molecule is CCCNC1CCN(C(=O)CC(C)C(C)(C)C)CC1. The summed E-state index contributed by atoms with van der Waals surface area (Å²) in [6, 6.07) is 0.615. The number of likely N-dealkylation sites (tertiary alicyclic amines) is 1. The first kappa shape index (κ1) is 16.5. The van der Waals surface area contributed by atoms with Crippen molar-refractivity contribution in [2.45, 2.75) is 66.3 Å². The Labute approximate surface area is 119 Å². The molecule has 1 N–H and O–H groups in total. The van der Waals surface area contributed by atoms with Crippen LogP contribution in [0.1, 0.15) is 60.3 Å². The summed E-state index contributed by atoms with van der Waals surface area (Å²) in [6.45, 7) is 14.0. The summed E-state index contributed by atoms with van der Waals surface area (Å²) in [4.78, 5) is 14.3. The highest BCUT2D eigenvalue weighted by Gasteiger charge is 2.27. The van der Waals surface area contributed by atoms with E-state index in [1.165, 1.54) is 6.42 Å². The molecule has 1 aliphatic rings. The Balaban J connectivity index is 2.33. The van der Waals surface area contributed by atoms with Crippen molar-refractivity contribution in [3.8, 4) is 0 Å². The third-order valence-electron chi connectivity index (χ3n) is 4.49. The van der Waals surface area contributed by atoms with Gasteiger partial charge in [0.15, 0.2) is 0 Å². The first-order valence-electron chi connectivity index (χ1n) is 7.85. The summed E-state index contributed by atoms with van der Waals surface area (Å²) in [5.41, 5.74) is 0.219. The first-order valence-corrected chi connectivity index (χ1v) is 7.85. The van der Waals surface area contributed by atoms with Gasteiger partial charge in [-0.25, -0.2) is 0 Å². The monoisotopic (exact) mass is 268 g/mol. The van der Waals surface area contributed by atoms with Crippen molar-refractivity contribution in [2.24, 2.45) is 11.3 Å². The molecule has 0 spiro atoms. The van der Waals surface area contributed by atoms with Crippen molar-refractivity contribution < 1.29 is 4.79 Å². The van der Waals surface area contributed by atoms with Gasteiger partial charge in [0.2, 0.25) is 5.91 Å². The van der Waals surface area contributed by atoms with Gasteiger partial charge in [-0.1, -0.05) is 34.6 Å². The summed E-state index contributed by atoms with van der Waals surface area (Å²) in [5, 5.41) is 3.56. The van der Waals surface area contributed by atoms with Crippen LogP contribution < -0.4 is 5.32 Å². The lowest BCUT2D eigenvalue weighted by Gasteiger charge is -2.34. The van der Waals surface area contributed by atoms with Crippen LogP contribution in [0.15, 0.2) is 0 Å². The van der Waals surface area contributed by atoms with Crippen LogP contribution in [-0.2, 0) is 4.79 Å². The molecular formula is C16H32N2O. The van der Waals surface area contributed by atoms with Crippen molar-refractivity contribution in [3.63, 3.8) is 0 Å². The fourth-order valence-electron chi connectivity index (χ4n) is 2.38. The highest BCUT2D eigenvalue weighted by atomic mass is 16.2. The third kappa shape index (κ3) is 5.52. The molecule has 0 saturated carbocycles. The average Bonchev–Trinajstić information content (AvgIpc) is 2.35. The Morgan fingerprint density at radius 3 is 2.37 bits per heavy atom. The van der Waals surface area contributed by atoms with Crippen LogP contribution in [0.2, 0.25) is 0 Å². The Morgan fingerprint density at radius 2 is 1.89 bits per heavy atom. The molecule has 1 aliphatic heterocycles. The van der Waals surface area contributed by atoms with Crippen molar-refractivity contribution in [1.29, 1.82) is 0 Å².